The van der Waals surface area contributed by atoms with Gasteiger partial charge in [-0.2, -0.15) is 0 Å². The Labute approximate surface area is 153 Å². The standard InChI is InChI=1S/C18H21N3O4S/c1-18(2,3)21(16(22)14-10-6-4-7-11-14)19-17(23)20-26(24,25)15-12-8-5-9-13-15/h4-13H,1-3H3,(H2,19,20,23). The fraction of sp³-hybridized carbons (Fsp3) is 0.222. The first-order valence-corrected chi connectivity index (χ1v) is 9.38. The van der Waals surface area contributed by atoms with Gasteiger partial charge in [0.25, 0.3) is 15.9 Å². The third-order valence-electron chi connectivity index (χ3n) is 3.39. The Bertz CT molecular complexity index is 876. The van der Waals surface area contributed by atoms with E-state index in [0.717, 1.165) is 5.01 Å². The Hall–Kier alpha value is -2.87. The number of sulfonamides is 1. The molecule has 2 rings (SSSR count). The van der Waals surface area contributed by atoms with E-state index < -0.39 is 27.5 Å². The van der Waals surface area contributed by atoms with Crippen LogP contribution in [0.1, 0.15) is 31.1 Å². The van der Waals surface area contributed by atoms with Gasteiger partial charge >= 0.3 is 6.03 Å². The average Bonchev–Trinajstić information content (AvgIpc) is 2.59. The summed E-state index contributed by atoms with van der Waals surface area (Å²) >= 11 is 0. The predicted octanol–water partition coefficient (Wildman–Crippen LogP) is 2.53. The van der Waals surface area contributed by atoms with Crippen molar-refractivity contribution in [1.29, 1.82) is 0 Å². The first-order chi connectivity index (χ1) is 12.1. The summed E-state index contributed by atoms with van der Waals surface area (Å²) in [7, 11) is -4.04. The molecule has 2 N–H and O–H groups in total. The molecule has 138 valence electrons. The fourth-order valence-corrected chi connectivity index (χ4v) is 3.06. The summed E-state index contributed by atoms with van der Waals surface area (Å²) in [6.45, 7) is 5.17. The Morgan fingerprint density at radius 1 is 0.885 bits per heavy atom. The van der Waals surface area contributed by atoms with E-state index in [1.807, 2.05) is 4.72 Å². The van der Waals surface area contributed by atoms with Gasteiger partial charge in [-0.15, -0.1) is 0 Å². The van der Waals surface area contributed by atoms with Gasteiger partial charge in [-0.25, -0.2) is 28.4 Å². The summed E-state index contributed by atoms with van der Waals surface area (Å²) in [6, 6.07) is 14.9. The summed E-state index contributed by atoms with van der Waals surface area (Å²) in [4.78, 5) is 24.9. The van der Waals surface area contributed by atoms with Crippen molar-refractivity contribution in [2.24, 2.45) is 0 Å². The molecule has 2 aromatic carbocycles. The SMILES string of the molecule is CC(C)(C)N(NC(=O)NS(=O)(=O)c1ccccc1)C(=O)c1ccccc1. The maximum Gasteiger partial charge on any atom is 0.347 e. The van der Waals surface area contributed by atoms with E-state index in [1.54, 1.807) is 69.3 Å². The minimum absolute atomic E-state index is 0.0492. The monoisotopic (exact) mass is 375 g/mol. The lowest BCUT2D eigenvalue weighted by atomic mass is 10.1. The third-order valence-corrected chi connectivity index (χ3v) is 4.74. The number of nitrogens with zero attached hydrogens (tertiary/aromatic N) is 1. The largest absolute Gasteiger partial charge is 0.347 e. The number of nitrogens with one attached hydrogen (secondary N) is 2. The second-order valence-electron chi connectivity index (χ2n) is 6.54. The van der Waals surface area contributed by atoms with Gasteiger partial charge < -0.3 is 0 Å². The van der Waals surface area contributed by atoms with Crippen molar-refractivity contribution in [2.75, 3.05) is 0 Å². The molecule has 0 unspecified atom stereocenters. The number of amides is 3. The molecule has 0 aliphatic rings. The van der Waals surface area contributed by atoms with Crippen molar-refractivity contribution in [3.8, 4) is 0 Å². The van der Waals surface area contributed by atoms with Crippen LogP contribution in [0.15, 0.2) is 65.6 Å². The van der Waals surface area contributed by atoms with E-state index in [4.69, 9.17) is 0 Å². The van der Waals surface area contributed by atoms with Crippen LogP contribution in [0.2, 0.25) is 0 Å². The normalized spacial score (nSPS) is 11.5. The predicted molar refractivity (Wildman–Crippen MR) is 97.7 cm³/mol. The molecule has 0 saturated carbocycles. The van der Waals surface area contributed by atoms with Gasteiger partial charge in [0, 0.05) is 5.56 Å². The Kier molecular flexibility index (Phi) is 5.66. The lowest BCUT2D eigenvalue weighted by Crippen LogP contribution is -2.58. The van der Waals surface area contributed by atoms with E-state index in [1.165, 1.54) is 12.1 Å². The number of urea groups is 1. The fourth-order valence-electron chi connectivity index (χ4n) is 2.14. The highest BCUT2D eigenvalue weighted by atomic mass is 32.2. The molecular formula is C18H21N3O4S. The highest BCUT2D eigenvalue weighted by molar-refractivity contribution is 7.90. The van der Waals surface area contributed by atoms with Crippen LogP contribution in [-0.4, -0.2) is 30.9 Å². The molecule has 0 aromatic heterocycles. The number of hydrogen-bond acceptors (Lipinski definition) is 4. The molecule has 0 spiro atoms. The molecule has 3 amide bonds. The molecule has 2 aromatic rings. The lowest BCUT2D eigenvalue weighted by Gasteiger charge is -2.35. The molecule has 26 heavy (non-hydrogen) atoms. The quantitative estimate of drug-likeness (QED) is 0.806. The molecule has 8 heteroatoms. The maximum absolute atomic E-state index is 12.7. The minimum atomic E-state index is -4.04. The molecule has 0 radical (unpaired) electrons. The van der Waals surface area contributed by atoms with Crippen molar-refractivity contribution in [3.63, 3.8) is 0 Å². The summed E-state index contributed by atoms with van der Waals surface area (Å²) in [6.07, 6.45) is 0. The Morgan fingerprint density at radius 2 is 1.38 bits per heavy atom. The van der Waals surface area contributed by atoms with Gasteiger partial charge in [0.2, 0.25) is 0 Å². The zero-order valence-electron chi connectivity index (χ0n) is 14.8. The number of benzene rings is 2. The number of hydrazine groups is 1. The topological polar surface area (TPSA) is 95.6 Å². The molecule has 0 aliphatic heterocycles. The Balaban J connectivity index is 2.19. The number of carbonyl (C=O) groups excluding carboxylic acids is 2. The van der Waals surface area contributed by atoms with Crippen LogP contribution in [0, 0.1) is 0 Å². The van der Waals surface area contributed by atoms with Crippen LogP contribution in [0.25, 0.3) is 0 Å². The number of hydrogen-bond donors (Lipinski definition) is 2. The molecule has 0 atom stereocenters. The second kappa shape index (κ2) is 7.57. The molecule has 0 aliphatic carbocycles. The van der Waals surface area contributed by atoms with Crippen LogP contribution in [0.3, 0.4) is 0 Å². The Morgan fingerprint density at radius 3 is 1.88 bits per heavy atom. The van der Waals surface area contributed by atoms with Crippen LogP contribution in [0.4, 0.5) is 4.79 Å². The zero-order valence-corrected chi connectivity index (χ0v) is 15.6. The van der Waals surface area contributed by atoms with Crippen LogP contribution >= 0.6 is 0 Å². The van der Waals surface area contributed by atoms with Gasteiger partial charge in [-0.3, -0.25) is 4.79 Å². The molecular weight excluding hydrogens is 354 g/mol. The van der Waals surface area contributed by atoms with E-state index in [9.17, 15) is 18.0 Å². The first-order valence-electron chi connectivity index (χ1n) is 7.89. The van der Waals surface area contributed by atoms with E-state index in [2.05, 4.69) is 5.43 Å². The first kappa shape index (κ1) is 19.5. The number of rotatable bonds is 3. The van der Waals surface area contributed by atoms with Crippen molar-refractivity contribution >= 4 is 22.0 Å². The summed E-state index contributed by atoms with van der Waals surface area (Å²) in [5.41, 5.74) is 1.93. The molecule has 0 bridgehead atoms. The smallest absolute Gasteiger partial charge is 0.267 e. The van der Waals surface area contributed by atoms with Crippen molar-refractivity contribution in [1.82, 2.24) is 15.2 Å². The van der Waals surface area contributed by atoms with Gasteiger partial charge in [-0.1, -0.05) is 36.4 Å². The summed E-state index contributed by atoms with van der Waals surface area (Å²) < 4.78 is 26.4. The van der Waals surface area contributed by atoms with Gasteiger partial charge in [0.1, 0.15) is 0 Å². The van der Waals surface area contributed by atoms with Crippen molar-refractivity contribution in [3.05, 3.63) is 66.2 Å². The van der Waals surface area contributed by atoms with Crippen molar-refractivity contribution < 1.29 is 18.0 Å². The lowest BCUT2D eigenvalue weighted by molar-refractivity contribution is 0.0454. The van der Waals surface area contributed by atoms with Crippen LogP contribution < -0.4 is 10.1 Å². The minimum Gasteiger partial charge on any atom is -0.267 e. The average molecular weight is 375 g/mol. The van der Waals surface area contributed by atoms with E-state index in [0.29, 0.717) is 5.56 Å². The van der Waals surface area contributed by atoms with Gasteiger partial charge in [0.05, 0.1) is 10.4 Å². The van der Waals surface area contributed by atoms with Crippen molar-refractivity contribution in [2.45, 2.75) is 31.2 Å². The summed E-state index contributed by atoms with van der Waals surface area (Å²) in [5, 5.41) is 1.10. The molecule has 0 heterocycles. The highest BCUT2D eigenvalue weighted by Gasteiger charge is 2.30. The van der Waals surface area contributed by atoms with Gasteiger partial charge in [-0.05, 0) is 45.0 Å². The molecule has 0 fully saturated rings. The number of carbonyl (C=O) groups is 2. The maximum atomic E-state index is 12.7. The second-order valence-corrected chi connectivity index (χ2v) is 8.22. The van der Waals surface area contributed by atoms with Gasteiger partial charge in [0.15, 0.2) is 0 Å². The highest BCUT2D eigenvalue weighted by Crippen LogP contribution is 2.15. The van der Waals surface area contributed by atoms with E-state index >= 15 is 0 Å². The van der Waals surface area contributed by atoms with E-state index in [-0.39, 0.29) is 4.90 Å². The van der Waals surface area contributed by atoms with Crippen LogP contribution in [-0.2, 0) is 10.0 Å². The zero-order chi connectivity index (χ0) is 19.4. The summed E-state index contributed by atoms with van der Waals surface area (Å²) in [5.74, 6) is -0.453. The molecule has 7 nitrogen and oxygen atoms in total. The van der Waals surface area contributed by atoms with Crippen LogP contribution in [0.5, 0.6) is 0 Å². The third kappa shape index (κ3) is 4.82. The molecule has 0 saturated heterocycles.